The van der Waals surface area contributed by atoms with Gasteiger partial charge in [0.15, 0.2) is 0 Å². The van der Waals surface area contributed by atoms with E-state index in [9.17, 15) is 9.59 Å². The van der Waals surface area contributed by atoms with E-state index in [0.717, 1.165) is 5.76 Å². The molecule has 0 aromatic carbocycles. The number of hydrogen-bond donors (Lipinski definition) is 1. The quantitative estimate of drug-likeness (QED) is 0.874. The number of urea groups is 1. The topological polar surface area (TPSA) is 74.0 Å². The predicted octanol–water partition coefficient (Wildman–Crippen LogP) is 1.24. The van der Waals surface area contributed by atoms with Crippen LogP contribution in [-0.2, 0) is 11.3 Å². The van der Waals surface area contributed by atoms with Gasteiger partial charge < -0.3 is 19.3 Å². The van der Waals surface area contributed by atoms with Crippen molar-refractivity contribution in [2.45, 2.75) is 13.5 Å². The fourth-order valence-electron chi connectivity index (χ4n) is 1.90. The molecule has 1 aromatic rings. The highest BCUT2D eigenvalue weighted by Crippen LogP contribution is 2.18. The number of furan rings is 1. The summed E-state index contributed by atoms with van der Waals surface area (Å²) < 4.78 is 5.20. The third-order valence-corrected chi connectivity index (χ3v) is 3.08. The summed E-state index contributed by atoms with van der Waals surface area (Å²) in [6.45, 7) is 3.45. The van der Waals surface area contributed by atoms with E-state index in [1.165, 1.54) is 0 Å². The van der Waals surface area contributed by atoms with Gasteiger partial charge in [0.2, 0.25) is 0 Å². The normalized spacial score (nSPS) is 15.3. The first kappa shape index (κ1) is 12.5. The van der Waals surface area contributed by atoms with Gasteiger partial charge in [0.25, 0.3) is 0 Å². The molecule has 6 heteroatoms. The van der Waals surface area contributed by atoms with Crippen LogP contribution in [-0.4, -0.2) is 46.5 Å². The number of carboxylic acid groups (broad SMARTS) is 1. The van der Waals surface area contributed by atoms with E-state index in [2.05, 4.69) is 0 Å². The second kappa shape index (κ2) is 5.12. The zero-order valence-corrected chi connectivity index (χ0v) is 10.2. The Bertz CT molecular complexity index is 423. The lowest BCUT2D eigenvalue weighted by Gasteiger charge is -2.39. The molecule has 1 saturated heterocycles. The van der Waals surface area contributed by atoms with Gasteiger partial charge in [-0.1, -0.05) is 0 Å². The number of aliphatic carboxylic acids is 1. The third-order valence-electron chi connectivity index (χ3n) is 3.08. The van der Waals surface area contributed by atoms with Crippen LogP contribution in [0.1, 0.15) is 12.7 Å². The highest BCUT2D eigenvalue weighted by molar-refractivity contribution is 5.79. The molecule has 0 unspecified atom stereocenters. The fraction of sp³-hybridized carbons (Fsp3) is 0.500. The summed E-state index contributed by atoms with van der Waals surface area (Å²) >= 11 is 0. The van der Waals surface area contributed by atoms with Gasteiger partial charge in [-0.25, -0.2) is 4.79 Å². The van der Waals surface area contributed by atoms with Crippen molar-refractivity contribution in [1.29, 1.82) is 0 Å². The molecule has 1 aromatic heterocycles. The molecule has 98 valence electrons. The number of carbonyl (C=O) groups is 2. The highest BCUT2D eigenvalue weighted by atomic mass is 16.4. The Kier molecular flexibility index (Phi) is 3.55. The first-order chi connectivity index (χ1) is 8.61. The lowest BCUT2D eigenvalue weighted by molar-refractivity contribution is -0.146. The molecule has 2 rings (SSSR count). The van der Waals surface area contributed by atoms with Gasteiger partial charge >= 0.3 is 12.0 Å². The minimum atomic E-state index is -0.840. The molecule has 1 aliphatic rings. The third kappa shape index (κ3) is 2.47. The van der Waals surface area contributed by atoms with E-state index in [-0.39, 0.29) is 6.03 Å². The van der Waals surface area contributed by atoms with Crippen LogP contribution in [0.15, 0.2) is 22.8 Å². The Labute approximate surface area is 105 Å². The number of rotatable bonds is 4. The van der Waals surface area contributed by atoms with Crippen molar-refractivity contribution in [3.05, 3.63) is 24.2 Å². The van der Waals surface area contributed by atoms with Crippen molar-refractivity contribution in [1.82, 2.24) is 9.80 Å². The summed E-state index contributed by atoms with van der Waals surface area (Å²) in [6, 6.07) is 3.45. The van der Waals surface area contributed by atoms with Gasteiger partial charge in [0.1, 0.15) is 5.76 Å². The Morgan fingerprint density at radius 2 is 2.28 bits per heavy atom. The summed E-state index contributed by atoms with van der Waals surface area (Å²) in [5.74, 6) is -0.537. The Hall–Kier alpha value is -1.98. The second-order valence-corrected chi connectivity index (χ2v) is 4.32. The number of hydrogen-bond acceptors (Lipinski definition) is 3. The SMILES string of the molecule is CCN(Cc1ccco1)C(=O)N1CC(C(=O)O)C1. The molecule has 1 aliphatic heterocycles. The molecule has 18 heavy (non-hydrogen) atoms. The molecule has 2 amide bonds. The van der Waals surface area contributed by atoms with Crippen molar-refractivity contribution < 1.29 is 19.1 Å². The Balaban J connectivity index is 1.89. The van der Waals surface area contributed by atoms with E-state index < -0.39 is 11.9 Å². The van der Waals surface area contributed by atoms with Gasteiger partial charge in [0, 0.05) is 19.6 Å². The fourth-order valence-corrected chi connectivity index (χ4v) is 1.90. The van der Waals surface area contributed by atoms with E-state index in [0.29, 0.717) is 26.2 Å². The van der Waals surface area contributed by atoms with Crippen LogP contribution in [0.5, 0.6) is 0 Å². The summed E-state index contributed by atoms with van der Waals surface area (Å²) in [5, 5.41) is 8.77. The first-order valence-electron chi connectivity index (χ1n) is 5.90. The number of carbonyl (C=O) groups excluding carboxylic acids is 1. The van der Waals surface area contributed by atoms with Gasteiger partial charge in [-0.3, -0.25) is 4.79 Å². The Morgan fingerprint density at radius 3 is 2.78 bits per heavy atom. The van der Waals surface area contributed by atoms with Crippen molar-refractivity contribution in [2.24, 2.45) is 5.92 Å². The van der Waals surface area contributed by atoms with Crippen molar-refractivity contribution in [3.8, 4) is 0 Å². The first-order valence-corrected chi connectivity index (χ1v) is 5.90. The highest BCUT2D eigenvalue weighted by Gasteiger charge is 2.37. The molecule has 6 nitrogen and oxygen atoms in total. The smallest absolute Gasteiger partial charge is 0.320 e. The molecule has 1 N–H and O–H groups in total. The van der Waals surface area contributed by atoms with E-state index in [1.54, 1.807) is 22.1 Å². The summed E-state index contributed by atoms with van der Waals surface area (Å²) in [5.41, 5.74) is 0. The molecule has 0 atom stereocenters. The number of amides is 2. The maximum absolute atomic E-state index is 12.1. The van der Waals surface area contributed by atoms with Crippen LogP contribution in [0.25, 0.3) is 0 Å². The summed E-state index contributed by atoms with van der Waals surface area (Å²) in [4.78, 5) is 25.9. The average Bonchev–Trinajstić information content (AvgIpc) is 2.75. The van der Waals surface area contributed by atoms with Crippen LogP contribution < -0.4 is 0 Å². The van der Waals surface area contributed by atoms with Crippen LogP contribution in [0.4, 0.5) is 4.79 Å². The van der Waals surface area contributed by atoms with Crippen molar-refractivity contribution in [2.75, 3.05) is 19.6 Å². The van der Waals surface area contributed by atoms with Gasteiger partial charge in [-0.05, 0) is 19.1 Å². The lowest BCUT2D eigenvalue weighted by Crippen LogP contribution is -2.56. The summed E-state index contributed by atoms with van der Waals surface area (Å²) in [6.07, 6.45) is 1.57. The molecular formula is C12H16N2O4. The van der Waals surface area contributed by atoms with E-state index in [1.807, 2.05) is 13.0 Å². The zero-order chi connectivity index (χ0) is 13.1. The average molecular weight is 252 g/mol. The van der Waals surface area contributed by atoms with E-state index >= 15 is 0 Å². The minimum absolute atomic E-state index is 0.133. The van der Waals surface area contributed by atoms with Gasteiger partial charge in [0.05, 0.1) is 18.7 Å². The minimum Gasteiger partial charge on any atom is -0.481 e. The Morgan fingerprint density at radius 1 is 1.56 bits per heavy atom. The van der Waals surface area contributed by atoms with Crippen LogP contribution >= 0.6 is 0 Å². The van der Waals surface area contributed by atoms with Gasteiger partial charge in [-0.15, -0.1) is 0 Å². The molecule has 0 aliphatic carbocycles. The predicted molar refractivity (Wildman–Crippen MR) is 62.9 cm³/mol. The molecule has 0 saturated carbocycles. The van der Waals surface area contributed by atoms with Gasteiger partial charge in [-0.2, -0.15) is 0 Å². The molecule has 0 spiro atoms. The molecule has 0 radical (unpaired) electrons. The van der Waals surface area contributed by atoms with Crippen molar-refractivity contribution >= 4 is 12.0 Å². The van der Waals surface area contributed by atoms with Crippen LogP contribution in [0.3, 0.4) is 0 Å². The lowest BCUT2D eigenvalue weighted by atomic mass is 10.0. The van der Waals surface area contributed by atoms with Crippen LogP contribution in [0.2, 0.25) is 0 Å². The molecule has 0 bridgehead atoms. The van der Waals surface area contributed by atoms with Crippen LogP contribution in [0, 0.1) is 5.92 Å². The largest absolute Gasteiger partial charge is 0.481 e. The maximum Gasteiger partial charge on any atom is 0.320 e. The monoisotopic (exact) mass is 252 g/mol. The molecule has 1 fully saturated rings. The maximum atomic E-state index is 12.1. The standard InChI is InChI=1S/C12H16N2O4/c1-2-13(8-10-4-3-5-18-10)12(17)14-6-9(7-14)11(15)16/h3-5,9H,2,6-8H2,1H3,(H,15,16). The number of nitrogens with zero attached hydrogens (tertiary/aromatic N) is 2. The number of carboxylic acids is 1. The molecule has 2 heterocycles. The summed E-state index contributed by atoms with van der Waals surface area (Å²) in [7, 11) is 0. The number of likely N-dealkylation sites (tertiary alicyclic amines) is 1. The zero-order valence-electron chi connectivity index (χ0n) is 10.2. The molecular weight excluding hydrogens is 236 g/mol. The second-order valence-electron chi connectivity index (χ2n) is 4.32. The van der Waals surface area contributed by atoms with Crippen molar-refractivity contribution in [3.63, 3.8) is 0 Å². The van der Waals surface area contributed by atoms with E-state index in [4.69, 9.17) is 9.52 Å².